The summed E-state index contributed by atoms with van der Waals surface area (Å²) in [6, 6.07) is 11.3. The maximum atomic E-state index is 12.6. The Labute approximate surface area is 157 Å². The summed E-state index contributed by atoms with van der Waals surface area (Å²) in [5.41, 5.74) is 0.635. The summed E-state index contributed by atoms with van der Waals surface area (Å²) in [6.45, 7) is 0. The van der Waals surface area contributed by atoms with Crippen molar-refractivity contribution in [1.82, 2.24) is 0 Å². The molecule has 4 nitrogen and oxygen atoms in total. The Morgan fingerprint density at radius 3 is 2.29 bits per heavy atom. The van der Waals surface area contributed by atoms with Crippen LogP contribution in [0.1, 0.15) is 0 Å². The minimum absolute atomic E-state index is 0.0556. The molecule has 0 spiro atoms. The summed E-state index contributed by atoms with van der Waals surface area (Å²) in [4.78, 5) is 25.9. The van der Waals surface area contributed by atoms with Crippen molar-refractivity contribution in [3.8, 4) is 0 Å². The van der Waals surface area contributed by atoms with E-state index in [1.807, 2.05) is 0 Å². The van der Waals surface area contributed by atoms with Gasteiger partial charge in [-0.1, -0.05) is 58.5 Å². The quantitative estimate of drug-likeness (QED) is 0.729. The van der Waals surface area contributed by atoms with Crippen LogP contribution in [0.25, 0.3) is 0 Å². The average Bonchev–Trinajstić information content (AvgIpc) is 2.74. The summed E-state index contributed by atoms with van der Waals surface area (Å²) in [6.07, 6.45) is 0. The summed E-state index contributed by atoms with van der Waals surface area (Å²) in [5.74, 6) is -1.32. The van der Waals surface area contributed by atoms with Gasteiger partial charge in [-0.2, -0.15) is 0 Å². The number of nitrogens with zero attached hydrogens (tertiary/aromatic N) is 1. The number of rotatable bonds is 3. The number of carbonyl (C=O) groups excluding carboxylic acids is 2. The van der Waals surface area contributed by atoms with Crippen LogP contribution in [-0.2, 0) is 9.59 Å². The topological polar surface area (TPSA) is 49.4 Å². The van der Waals surface area contributed by atoms with Crippen molar-refractivity contribution in [3.63, 3.8) is 0 Å². The zero-order valence-corrected chi connectivity index (χ0v) is 14.8. The number of anilines is 2. The third kappa shape index (κ3) is 2.98. The van der Waals surface area contributed by atoms with Crippen molar-refractivity contribution >= 4 is 69.6 Å². The number of carbonyl (C=O) groups is 2. The molecule has 0 radical (unpaired) electrons. The summed E-state index contributed by atoms with van der Waals surface area (Å²) < 4.78 is 0. The first-order valence-corrected chi connectivity index (χ1v) is 8.16. The van der Waals surface area contributed by atoms with Crippen molar-refractivity contribution in [1.29, 1.82) is 0 Å². The van der Waals surface area contributed by atoms with Gasteiger partial charge >= 0.3 is 0 Å². The lowest BCUT2D eigenvalue weighted by Gasteiger charge is -2.17. The van der Waals surface area contributed by atoms with Crippen LogP contribution >= 0.6 is 46.4 Å². The smallest absolute Gasteiger partial charge is 0.283 e. The minimum atomic E-state index is -0.685. The van der Waals surface area contributed by atoms with Gasteiger partial charge < -0.3 is 5.32 Å². The maximum Gasteiger partial charge on any atom is 0.283 e. The maximum absolute atomic E-state index is 12.6. The minimum Gasteiger partial charge on any atom is -0.350 e. The van der Waals surface area contributed by atoms with Gasteiger partial charge in [0.25, 0.3) is 11.8 Å². The Hall–Kier alpha value is -1.72. The van der Waals surface area contributed by atoms with Gasteiger partial charge in [-0.05, 0) is 30.3 Å². The van der Waals surface area contributed by atoms with Crippen LogP contribution in [0.15, 0.2) is 53.2 Å². The van der Waals surface area contributed by atoms with Gasteiger partial charge in [0, 0.05) is 10.7 Å². The fraction of sp³-hybridized carbons (Fsp3) is 0. The number of imide groups is 1. The molecule has 0 fully saturated rings. The summed E-state index contributed by atoms with van der Waals surface area (Å²) in [7, 11) is 0. The fourth-order valence-corrected chi connectivity index (χ4v) is 2.99. The van der Waals surface area contributed by atoms with Gasteiger partial charge in [0.2, 0.25) is 0 Å². The van der Waals surface area contributed by atoms with E-state index >= 15 is 0 Å². The van der Waals surface area contributed by atoms with Crippen LogP contribution in [0, 0.1) is 0 Å². The van der Waals surface area contributed by atoms with E-state index in [1.54, 1.807) is 36.4 Å². The second-order valence-electron chi connectivity index (χ2n) is 4.84. The molecule has 0 aromatic heterocycles. The predicted molar refractivity (Wildman–Crippen MR) is 96.9 cm³/mol. The molecule has 0 aliphatic carbocycles. The zero-order chi connectivity index (χ0) is 17.4. The lowest BCUT2D eigenvalue weighted by molar-refractivity contribution is -0.120. The first-order valence-electron chi connectivity index (χ1n) is 6.65. The molecule has 1 heterocycles. The van der Waals surface area contributed by atoms with Crippen molar-refractivity contribution in [3.05, 3.63) is 68.3 Å². The molecule has 0 unspecified atom stereocenters. The van der Waals surface area contributed by atoms with Gasteiger partial charge in [-0.15, -0.1) is 0 Å². The van der Waals surface area contributed by atoms with Gasteiger partial charge in [-0.25, -0.2) is 4.90 Å². The van der Waals surface area contributed by atoms with Crippen LogP contribution in [0.3, 0.4) is 0 Å². The molecule has 0 bridgehead atoms. The number of amides is 2. The van der Waals surface area contributed by atoms with Crippen LogP contribution in [0.5, 0.6) is 0 Å². The molecule has 1 N–H and O–H groups in total. The van der Waals surface area contributed by atoms with E-state index in [-0.39, 0.29) is 26.5 Å². The lowest BCUT2D eigenvalue weighted by atomic mass is 10.3. The van der Waals surface area contributed by atoms with Crippen LogP contribution in [-0.4, -0.2) is 11.8 Å². The van der Waals surface area contributed by atoms with E-state index in [0.29, 0.717) is 10.7 Å². The molecule has 24 heavy (non-hydrogen) atoms. The zero-order valence-electron chi connectivity index (χ0n) is 11.8. The van der Waals surface area contributed by atoms with Crippen LogP contribution < -0.4 is 10.2 Å². The first kappa shape index (κ1) is 17.1. The predicted octanol–water partition coefficient (Wildman–Crippen LogP) is 5.08. The third-order valence-corrected chi connectivity index (χ3v) is 4.69. The third-order valence-electron chi connectivity index (χ3n) is 3.29. The van der Waals surface area contributed by atoms with E-state index in [4.69, 9.17) is 46.4 Å². The SMILES string of the molecule is O=C1C(Cl)=C(Nc2cccc(Cl)c2)C(=O)N1c1cccc(Cl)c1Cl. The molecule has 1 aliphatic heterocycles. The Morgan fingerprint density at radius 2 is 1.58 bits per heavy atom. The van der Waals surface area contributed by atoms with E-state index in [1.165, 1.54) is 6.07 Å². The molecule has 0 saturated heterocycles. The highest BCUT2D eigenvalue weighted by Crippen LogP contribution is 2.37. The Balaban J connectivity index is 1.97. The molecule has 122 valence electrons. The number of nitrogens with one attached hydrogen (secondary N) is 1. The van der Waals surface area contributed by atoms with E-state index in [9.17, 15) is 9.59 Å². The van der Waals surface area contributed by atoms with Gasteiger partial charge in [0.15, 0.2) is 0 Å². The first-order chi connectivity index (χ1) is 11.4. The van der Waals surface area contributed by atoms with E-state index in [0.717, 1.165) is 4.90 Å². The van der Waals surface area contributed by atoms with E-state index < -0.39 is 11.8 Å². The molecule has 2 aromatic carbocycles. The molecule has 8 heteroatoms. The second kappa shape index (κ2) is 6.65. The molecular formula is C16H8Cl4N2O2. The number of hydrogen-bond acceptors (Lipinski definition) is 3. The Kier molecular flexibility index (Phi) is 4.74. The standard InChI is InChI=1S/C16H8Cl4N2O2/c17-8-3-1-4-9(7-8)21-14-13(20)15(23)22(16(14)24)11-6-2-5-10(18)12(11)19/h1-7,21H. The molecule has 2 aromatic rings. The lowest BCUT2D eigenvalue weighted by Crippen LogP contribution is -2.32. The van der Waals surface area contributed by atoms with Crippen molar-refractivity contribution in [2.45, 2.75) is 0 Å². The molecule has 0 atom stereocenters. The average molecular weight is 402 g/mol. The number of benzene rings is 2. The van der Waals surface area contributed by atoms with Crippen molar-refractivity contribution in [2.75, 3.05) is 10.2 Å². The van der Waals surface area contributed by atoms with Gasteiger partial charge in [0.1, 0.15) is 10.7 Å². The fourth-order valence-electron chi connectivity index (χ4n) is 2.21. The Bertz CT molecular complexity index is 895. The van der Waals surface area contributed by atoms with E-state index in [2.05, 4.69) is 5.32 Å². The molecule has 1 aliphatic rings. The molecule has 3 rings (SSSR count). The van der Waals surface area contributed by atoms with Gasteiger partial charge in [0.05, 0.1) is 15.7 Å². The van der Waals surface area contributed by atoms with Gasteiger partial charge in [-0.3, -0.25) is 9.59 Å². The highest BCUT2D eigenvalue weighted by atomic mass is 35.5. The highest BCUT2D eigenvalue weighted by Gasteiger charge is 2.40. The van der Waals surface area contributed by atoms with Crippen molar-refractivity contribution in [2.24, 2.45) is 0 Å². The second-order valence-corrected chi connectivity index (χ2v) is 6.44. The molecule has 0 saturated carbocycles. The number of halogens is 4. The largest absolute Gasteiger partial charge is 0.350 e. The molecular weight excluding hydrogens is 394 g/mol. The summed E-state index contributed by atoms with van der Waals surface area (Å²) >= 11 is 24.0. The Morgan fingerprint density at radius 1 is 0.875 bits per heavy atom. The van der Waals surface area contributed by atoms with Crippen LogP contribution in [0.2, 0.25) is 15.1 Å². The summed E-state index contributed by atoms with van der Waals surface area (Å²) in [5, 5.41) is 3.37. The van der Waals surface area contributed by atoms with Crippen LogP contribution in [0.4, 0.5) is 11.4 Å². The molecule has 2 amide bonds. The van der Waals surface area contributed by atoms with Crippen molar-refractivity contribution < 1.29 is 9.59 Å². The number of hydrogen-bond donors (Lipinski definition) is 1. The monoisotopic (exact) mass is 400 g/mol. The normalized spacial score (nSPS) is 14.6. The highest BCUT2D eigenvalue weighted by molar-refractivity contribution is 6.54.